The van der Waals surface area contributed by atoms with Crippen LogP contribution in [0.4, 0.5) is 11.6 Å². The molecular weight excluding hydrogens is 214 g/mol. The quantitative estimate of drug-likeness (QED) is 0.719. The van der Waals surface area contributed by atoms with Crippen LogP contribution in [0.15, 0.2) is 18.2 Å². The van der Waals surface area contributed by atoms with Crippen molar-refractivity contribution in [2.45, 2.75) is 6.42 Å². The van der Waals surface area contributed by atoms with Crippen LogP contribution < -0.4 is 11.1 Å². The van der Waals surface area contributed by atoms with Crippen molar-refractivity contribution in [3.05, 3.63) is 18.2 Å². The van der Waals surface area contributed by atoms with Crippen LogP contribution in [0.3, 0.4) is 0 Å². The fourth-order valence-electron chi connectivity index (χ4n) is 1.10. The number of nitrogens with one attached hydrogen (secondary N) is 1. The number of nitrogens with zero attached hydrogens (tertiary/aromatic N) is 1. The molecule has 0 aliphatic rings. The van der Waals surface area contributed by atoms with E-state index in [-0.39, 0.29) is 5.75 Å². The Morgan fingerprint density at radius 3 is 2.80 bits per heavy atom. The number of nitrogens with two attached hydrogens (primary N) is 1. The molecule has 0 amide bonds. The Morgan fingerprint density at radius 1 is 1.47 bits per heavy atom. The largest absolute Gasteiger partial charge is 0.384 e. The third-order valence-corrected chi connectivity index (χ3v) is 2.80. The molecule has 84 valence electrons. The predicted molar refractivity (Wildman–Crippen MR) is 61.5 cm³/mol. The average Bonchev–Trinajstić information content (AvgIpc) is 2.11. The van der Waals surface area contributed by atoms with E-state index in [1.54, 1.807) is 18.2 Å². The molecule has 6 heteroatoms. The number of pyridine rings is 1. The Bertz CT molecular complexity index is 417. The third-order valence-electron chi connectivity index (χ3n) is 1.77. The van der Waals surface area contributed by atoms with Crippen LogP contribution in [0.25, 0.3) is 0 Å². The minimum atomic E-state index is -2.87. The van der Waals surface area contributed by atoms with Gasteiger partial charge in [0.25, 0.3) is 0 Å². The number of rotatable bonds is 5. The van der Waals surface area contributed by atoms with Gasteiger partial charge in [-0.3, -0.25) is 0 Å². The average molecular weight is 229 g/mol. The molecule has 0 aliphatic carbocycles. The van der Waals surface area contributed by atoms with E-state index < -0.39 is 9.84 Å². The number of hydrogen-bond acceptors (Lipinski definition) is 5. The minimum Gasteiger partial charge on any atom is -0.384 e. The highest BCUT2D eigenvalue weighted by molar-refractivity contribution is 7.90. The van der Waals surface area contributed by atoms with Gasteiger partial charge in [-0.15, -0.1) is 0 Å². The Hall–Kier alpha value is -1.30. The molecule has 5 nitrogen and oxygen atoms in total. The van der Waals surface area contributed by atoms with Crippen molar-refractivity contribution in [3.8, 4) is 0 Å². The van der Waals surface area contributed by atoms with E-state index in [2.05, 4.69) is 10.3 Å². The van der Waals surface area contributed by atoms with Crippen LogP contribution in [0.2, 0.25) is 0 Å². The SMILES string of the molecule is CS(=O)(=O)CCCNc1cccc(N)n1. The van der Waals surface area contributed by atoms with Crippen LogP contribution in [0.5, 0.6) is 0 Å². The first-order valence-electron chi connectivity index (χ1n) is 4.61. The highest BCUT2D eigenvalue weighted by atomic mass is 32.2. The molecule has 0 spiro atoms. The molecule has 0 atom stereocenters. The van der Waals surface area contributed by atoms with E-state index >= 15 is 0 Å². The molecule has 0 fully saturated rings. The van der Waals surface area contributed by atoms with Crippen molar-refractivity contribution >= 4 is 21.5 Å². The van der Waals surface area contributed by atoms with Gasteiger partial charge in [-0.05, 0) is 18.6 Å². The molecule has 0 bridgehead atoms. The van der Waals surface area contributed by atoms with Gasteiger partial charge in [-0.2, -0.15) is 0 Å². The van der Waals surface area contributed by atoms with E-state index in [4.69, 9.17) is 5.73 Å². The summed E-state index contributed by atoms with van der Waals surface area (Å²) in [6.07, 6.45) is 1.79. The van der Waals surface area contributed by atoms with Crippen molar-refractivity contribution in [2.75, 3.05) is 29.6 Å². The molecule has 0 saturated carbocycles. The van der Waals surface area contributed by atoms with Crippen LogP contribution in [-0.4, -0.2) is 32.0 Å². The first kappa shape index (κ1) is 11.8. The van der Waals surface area contributed by atoms with Gasteiger partial charge in [-0.25, -0.2) is 13.4 Å². The zero-order valence-corrected chi connectivity index (χ0v) is 9.42. The lowest BCUT2D eigenvalue weighted by Gasteiger charge is -2.04. The lowest BCUT2D eigenvalue weighted by atomic mass is 10.4. The second-order valence-electron chi connectivity index (χ2n) is 3.36. The molecule has 0 radical (unpaired) electrons. The van der Waals surface area contributed by atoms with E-state index in [1.807, 2.05) is 0 Å². The fourth-order valence-corrected chi connectivity index (χ4v) is 1.77. The molecule has 1 heterocycles. The summed E-state index contributed by atoms with van der Waals surface area (Å²) in [6.45, 7) is 0.573. The number of aromatic nitrogens is 1. The van der Waals surface area contributed by atoms with Crippen molar-refractivity contribution < 1.29 is 8.42 Å². The van der Waals surface area contributed by atoms with Crippen LogP contribution in [0, 0.1) is 0 Å². The lowest BCUT2D eigenvalue weighted by Crippen LogP contribution is -2.10. The van der Waals surface area contributed by atoms with Gasteiger partial charge in [0, 0.05) is 12.8 Å². The first-order valence-corrected chi connectivity index (χ1v) is 6.67. The van der Waals surface area contributed by atoms with E-state index in [1.165, 1.54) is 6.26 Å². The molecule has 0 aromatic carbocycles. The molecule has 0 unspecified atom stereocenters. The second-order valence-corrected chi connectivity index (χ2v) is 5.62. The van der Waals surface area contributed by atoms with E-state index in [0.29, 0.717) is 24.6 Å². The van der Waals surface area contributed by atoms with Gasteiger partial charge in [-0.1, -0.05) is 6.07 Å². The second kappa shape index (κ2) is 4.97. The normalized spacial score (nSPS) is 11.3. The molecular formula is C9H15N3O2S. The molecule has 3 N–H and O–H groups in total. The van der Waals surface area contributed by atoms with Crippen molar-refractivity contribution in [2.24, 2.45) is 0 Å². The zero-order chi connectivity index (χ0) is 11.3. The number of sulfone groups is 1. The summed E-state index contributed by atoms with van der Waals surface area (Å²) in [5.74, 6) is 1.30. The van der Waals surface area contributed by atoms with E-state index in [0.717, 1.165) is 0 Å². The summed E-state index contributed by atoms with van der Waals surface area (Å²) in [5, 5.41) is 3.00. The monoisotopic (exact) mass is 229 g/mol. The summed E-state index contributed by atoms with van der Waals surface area (Å²) >= 11 is 0. The maximum absolute atomic E-state index is 10.8. The Morgan fingerprint density at radius 2 is 2.20 bits per heavy atom. The molecule has 1 aromatic heterocycles. The van der Waals surface area contributed by atoms with Gasteiger partial charge in [0.1, 0.15) is 21.5 Å². The molecule has 1 aromatic rings. The van der Waals surface area contributed by atoms with Gasteiger partial charge < -0.3 is 11.1 Å². The zero-order valence-electron chi connectivity index (χ0n) is 8.60. The van der Waals surface area contributed by atoms with Gasteiger partial charge >= 0.3 is 0 Å². The van der Waals surface area contributed by atoms with Gasteiger partial charge in [0.2, 0.25) is 0 Å². The molecule has 15 heavy (non-hydrogen) atoms. The van der Waals surface area contributed by atoms with Crippen molar-refractivity contribution in [1.82, 2.24) is 4.98 Å². The number of anilines is 2. The smallest absolute Gasteiger partial charge is 0.147 e. The predicted octanol–water partition coefficient (Wildman–Crippen LogP) is 0.510. The molecule has 0 saturated heterocycles. The summed E-state index contributed by atoms with van der Waals surface area (Å²) in [7, 11) is -2.87. The summed E-state index contributed by atoms with van der Waals surface area (Å²) in [6, 6.07) is 5.28. The summed E-state index contributed by atoms with van der Waals surface area (Å²) in [4.78, 5) is 4.02. The summed E-state index contributed by atoms with van der Waals surface area (Å²) < 4.78 is 21.7. The Labute approximate surface area is 89.6 Å². The van der Waals surface area contributed by atoms with Gasteiger partial charge in [0.05, 0.1) is 5.75 Å². The third kappa shape index (κ3) is 5.21. The number of hydrogen-bond donors (Lipinski definition) is 2. The van der Waals surface area contributed by atoms with Crippen LogP contribution in [-0.2, 0) is 9.84 Å². The molecule has 0 aliphatic heterocycles. The maximum atomic E-state index is 10.8. The lowest BCUT2D eigenvalue weighted by molar-refractivity contribution is 0.600. The van der Waals surface area contributed by atoms with Crippen molar-refractivity contribution in [1.29, 1.82) is 0 Å². The summed E-state index contributed by atoms with van der Waals surface area (Å²) in [5.41, 5.74) is 5.49. The number of nitrogen functional groups attached to an aromatic ring is 1. The fraction of sp³-hybridized carbons (Fsp3) is 0.444. The highest BCUT2D eigenvalue weighted by Gasteiger charge is 2.01. The topological polar surface area (TPSA) is 85.1 Å². The molecule has 1 rings (SSSR count). The standard InChI is InChI=1S/C9H15N3O2S/c1-15(13,14)7-3-6-11-9-5-2-4-8(10)12-9/h2,4-5H,3,6-7H2,1H3,(H3,10,11,12). The Balaban J connectivity index is 2.32. The van der Waals surface area contributed by atoms with Gasteiger partial charge in [0.15, 0.2) is 0 Å². The first-order chi connectivity index (χ1) is 6.97. The maximum Gasteiger partial charge on any atom is 0.147 e. The van der Waals surface area contributed by atoms with E-state index in [9.17, 15) is 8.42 Å². The van der Waals surface area contributed by atoms with Crippen LogP contribution in [0.1, 0.15) is 6.42 Å². The van der Waals surface area contributed by atoms with Crippen molar-refractivity contribution in [3.63, 3.8) is 0 Å². The highest BCUT2D eigenvalue weighted by Crippen LogP contribution is 2.05. The minimum absolute atomic E-state index is 0.183. The Kier molecular flexibility index (Phi) is 3.90. The van der Waals surface area contributed by atoms with Crippen LogP contribution >= 0.6 is 0 Å².